The zero-order valence-electron chi connectivity index (χ0n) is 15.7. The number of terminal acetylenes is 1. The van der Waals surface area contributed by atoms with Crippen LogP contribution >= 0.6 is 23.1 Å². The van der Waals surface area contributed by atoms with E-state index in [2.05, 4.69) is 21.2 Å². The first-order valence-corrected chi connectivity index (χ1v) is 10.8. The van der Waals surface area contributed by atoms with Crippen molar-refractivity contribution in [3.8, 4) is 23.5 Å². The van der Waals surface area contributed by atoms with Crippen molar-refractivity contribution >= 4 is 39.2 Å². The van der Waals surface area contributed by atoms with Crippen LogP contribution in [0.4, 0.5) is 4.39 Å². The highest BCUT2D eigenvalue weighted by atomic mass is 32.2. The molecular weight excluding hydrogens is 393 g/mol. The Hall–Kier alpha value is -2.43. The lowest BCUT2D eigenvalue weighted by Crippen LogP contribution is -2.47. The number of benzene rings is 1. The number of hydrogen-bond donors (Lipinski definition) is 1. The molecule has 0 aliphatic carbocycles. The van der Waals surface area contributed by atoms with Crippen LogP contribution in [0.3, 0.4) is 0 Å². The summed E-state index contributed by atoms with van der Waals surface area (Å²) in [5, 5.41) is 6.55. The van der Waals surface area contributed by atoms with E-state index in [1.54, 1.807) is 12.1 Å². The van der Waals surface area contributed by atoms with E-state index in [1.807, 2.05) is 19.2 Å². The minimum Gasteiger partial charge on any atom is -0.339 e. The van der Waals surface area contributed by atoms with Crippen LogP contribution in [0.25, 0.3) is 21.3 Å². The minimum absolute atomic E-state index is 0.128. The summed E-state index contributed by atoms with van der Waals surface area (Å²) < 4.78 is 13.3. The normalized spacial score (nSPS) is 11.4. The maximum absolute atomic E-state index is 13.3. The Morgan fingerprint density at radius 2 is 2.00 bits per heavy atom. The van der Waals surface area contributed by atoms with Crippen LogP contribution in [0.1, 0.15) is 26.7 Å². The molecule has 1 amide bonds. The van der Waals surface area contributed by atoms with Crippen LogP contribution in [0.5, 0.6) is 0 Å². The Bertz CT molecular complexity index is 1020. The van der Waals surface area contributed by atoms with Crippen molar-refractivity contribution in [2.45, 2.75) is 37.3 Å². The number of thioether (sulfide) groups is 1. The van der Waals surface area contributed by atoms with Gasteiger partial charge in [0.1, 0.15) is 27.5 Å². The van der Waals surface area contributed by atoms with E-state index < -0.39 is 5.54 Å². The van der Waals surface area contributed by atoms with Gasteiger partial charge < -0.3 is 5.32 Å². The monoisotopic (exact) mass is 413 g/mol. The lowest BCUT2D eigenvalue weighted by Gasteiger charge is -2.26. The third-order valence-corrected chi connectivity index (χ3v) is 6.57. The summed E-state index contributed by atoms with van der Waals surface area (Å²) in [4.78, 5) is 22.0. The van der Waals surface area contributed by atoms with Gasteiger partial charge in [-0.2, -0.15) is 0 Å². The van der Waals surface area contributed by atoms with Crippen molar-refractivity contribution in [1.82, 2.24) is 15.3 Å². The SMILES string of the molecule is C#CC(CC)(CC)NC(=O)CSc1ncnc2scc(-c3ccc(F)cc3)c12. The second kappa shape index (κ2) is 8.72. The van der Waals surface area contributed by atoms with Gasteiger partial charge in [-0.15, -0.1) is 17.8 Å². The van der Waals surface area contributed by atoms with E-state index in [9.17, 15) is 9.18 Å². The van der Waals surface area contributed by atoms with Gasteiger partial charge in [-0.1, -0.05) is 43.7 Å². The molecule has 3 aromatic rings. The number of carbonyl (C=O) groups excluding carboxylic acids is 1. The third-order valence-electron chi connectivity index (χ3n) is 4.69. The standard InChI is InChI=1S/C21H20FN3OS2/c1-4-21(5-2,6-3)25-17(26)12-28-20-18-16(11-27-19(18)23-13-24-20)14-7-9-15(22)10-8-14/h1,7-11,13H,5-6,12H2,2-3H3,(H,25,26). The average molecular weight is 414 g/mol. The molecule has 0 aliphatic rings. The number of carbonyl (C=O) groups is 1. The average Bonchev–Trinajstić information content (AvgIpc) is 3.16. The first-order chi connectivity index (χ1) is 13.5. The molecule has 0 spiro atoms. The van der Waals surface area contributed by atoms with Gasteiger partial charge in [0.2, 0.25) is 5.91 Å². The molecule has 2 aromatic heterocycles. The second-order valence-corrected chi connectivity index (χ2v) is 8.11. The van der Waals surface area contributed by atoms with Crippen molar-refractivity contribution in [3.63, 3.8) is 0 Å². The van der Waals surface area contributed by atoms with E-state index in [1.165, 1.54) is 41.6 Å². The second-order valence-electron chi connectivity index (χ2n) is 6.29. The highest BCUT2D eigenvalue weighted by molar-refractivity contribution is 8.00. The van der Waals surface area contributed by atoms with Gasteiger partial charge in [0, 0.05) is 10.9 Å². The van der Waals surface area contributed by atoms with Crippen molar-refractivity contribution in [1.29, 1.82) is 0 Å². The first kappa shape index (κ1) is 20.3. The fraction of sp³-hybridized carbons (Fsp3) is 0.286. The summed E-state index contributed by atoms with van der Waals surface area (Å²) in [5.41, 5.74) is 1.21. The lowest BCUT2D eigenvalue weighted by atomic mass is 9.94. The molecule has 0 bridgehead atoms. The third kappa shape index (κ3) is 4.18. The number of nitrogens with zero attached hydrogens (tertiary/aromatic N) is 2. The molecule has 1 aromatic carbocycles. The Kier molecular flexibility index (Phi) is 6.32. The summed E-state index contributed by atoms with van der Waals surface area (Å²) in [6, 6.07) is 6.32. The van der Waals surface area contributed by atoms with Crippen LogP contribution < -0.4 is 5.32 Å². The quantitative estimate of drug-likeness (QED) is 0.340. The van der Waals surface area contributed by atoms with Crippen LogP contribution in [-0.2, 0) is 4.79 Å². The Morgan fingerprint density at radius 3 is 2.64 bits per heavy atom. The number of amides is 1. The fourth-order valence-corrected chi connectivity index (χ4v) is 4.70. The van der Waals surface area contributed by atoms with Crippen molar-refractivity contribution in [2.75, 3.05) is 5.75 Å². The van der Waals surface area contributed by atoms with Gasteiger partial charge in [0.15, 0.2) is 0 Å². The van der Waals surface area contributed by atoms with Gasteiger partial charge in [-0.25, -0.2) is 14.4 Å². The number of halogens is 1. The summed E-state index contributed by atoms with van der Waals surface area (Å²) in [7, 11) is 0. The molecule has 28 heavy (non-hydrogen) atoms. The molecule has 7 heteroatoms. The molecule has 0 unspecified atom stereocenters. The number of hydrogen-bond acceptors (Lipinski definition) is 5. The van der Waals surface area contributed by atoms with Crippen LogP contribution in [0, 0.1) is 18.2 Å². The number of rotatable bonds is 7. The molecule has 0 fully saturated rings. The minimum atomic E-state index is -0.611. The smallest absolute Gasteiger partial charge is 0.231 e. The van der Waals surface area contributed by atoms with Gasteiger partial charge in [0.05, 0.1) is 11.1 Å². The lowest BCUT2D eigenvalue weighted by molar-refractivity contribution is -0.119. The summed E-state index contributed by atoms with van der Waals surface area (Å²) in [6.07, 6.45) is 8.47. The molecule has 0 aliphatic heterocycles. The molecule has 0 atom stereocenters. The summed E-state index contributed by atoms with van der Waals surface area (Å²) in [5.74, 6) is 2.50. The molecular formula is C21H20FN3OS2. The number of fused-ring (bicyclic) bond motifs is 1. The highest BCUT2D eigenvalue weighted by Gasteiger charge is 2.25. The van der Waals surface area contributed by atoms with E-state index in [0.717, 1.165) is 26.4 Å². The van der Waals surface area contributed by atoms with Crippen molar-refractivity contribution < 1.29 is 9.18 Å². The van der Waals surface area contributed by atoms with E-state index >= 15 is 0 Å². The number of nitrogens with one attached hydrogen (secondary N) is 1. The van der Waals surface area contributed by atoms with Gasteiger partial charge in [-0.05, 0) is 30.5 Å². The Morgan fingerprint density at radius 1 is 1.29 bits per heavy atom. The molecule has 3 rings (SSSR count). The van der Waals surface area contributed by atoms with E-state index in [-0.39, 0.29) is 17.5 Å². The van der Waals surface area contributed by atoms with Crippen molar-refractivity contribution in [2.24, 2.45) is 0 Å². The zero-order chi connectivity index (χ0) is 20.1. The largest absolute Gasteiger partial charge is 0.339 e. The molecule has 4 nitrogen and oxygen atoms in total. The van der Waals surface area contributed by atoms with E-state index in [4.69, 9.17) is 6.42 Å². The van der Waals surface area contributed by atoms with Gasteiger partial charge in [0.25, 0.3) is 0 Å². The highest BCUT2D eigenvalue weighted by Crippen LogP contribution is 2.37. The van der Waals surface area contributed by atoms with Crippen LogP contribution in [0.2, 0.25) is 0 Å². The predicted octanol–water partition coefficient (Wildman–Crippen LogP) is 4.90. The predicted molar refractivity (Wildman–Crippen MR) is 114 cm³/mol. The van der Waals surface area contributed by atoms with Gasteiger partial charge in [-0.3, -0.25) is 4.79 Å². The molecule has 0 radical (unpaired) electrons. The topological polar surface area (TPSA) is 54.9 Å². The molecule has 1 N–H and O–H groups in total. The van der Waals surface area contributed by atoms with Crippen LogP contribution in [0.15, 0.2) is 41.0 Å². The maximum atomic E-state index is 13.3. The fourth-order valence-electron chi connectivity index (χ4n) is 2.90. The van der Waals surface area contributed by atoms with Gasteiger partial charge >= 0.3 is 0 Å². The molecule has 0 saturated carbocycles. The first-order valence-electron chi connectivity index (χ1n) is 8.91. The summed E-state index contributed by atoms with van der Waals surface area (Å²) in [6.45, 7) is 3.93. The number of aromatic nitrogens is 2. The Labute approximate surface area is 172 Å². The van der Waals surface area contributed by atoms with Crippen LogP contribution in [-0.4, -0.2) is 27.2 Å². The number of thiophene rings is 1. The van der Waals surface area contributed by atoms with E-state index in [0.29, 0.717) is 12.8 Å². The molecule has 144 valence electrons. The summed E-state index contributed by atoms with van der Waals surface area (Å²) >= 11 is 2.84. The van der Waals surface area contributed by atoms with Crippen molar-refractivity contribution in [3.05, 3.63) is 41.8 Å². The maximum Gasteiger partial charge on any atom is 0.231 e. The Balaban J connectivity index is 1.84. The zero-order valence-corrected chi connectivity index (χ0v) is 17.3. The molecule has 0 saturated heterocycles. The molecule has 2 heterocycles.